The molecule has 0 aromatic carbocycles. The lowest BCUT2D eigenvalue weighted by Crippen LogP contribution is -2.05. The van der Waals surface area contributed by atoms with Crippen LogP contribution in [0.2, 0.25) is 0 Å². The number of rotatable bonds is 19. The van der Waals surface area contributed by atoms with Crippen molar-refractivity contribution in [3.63, 3.8) is 0 Å². The number of ether oxygens (including phenoxy) is 1. The maximum atomic E-state index is 5.56. The standard InChI is InChI=1S/C23H42OS2/c1-22(2)24-18-21-25-19-14-12-10-8-6-4-3-5-7-9-11-13-16-23-17-15-20-26-23/h15,17,20,22H,3-14,16,18-19,21H2,1-2H3. The smallest absolute Gasteiger partial charge is 0.0560 e. The van der Waals surface area contributed by atoms with Gasteiger partial charge >= 0.3 is 0 Å². The normalized spacial score (nSPS) is 11.5. The number of hydrogen-bond donors (Lipinski definition) is 0. The Balaban J connectivity index is 1.66. The first-order valence-electron chi connectivity index (χ1n) is 11.0. The van der Waals surface area contributed by atoms with E-state index in [-0.39, 0.29) is 0 Å². The van der Waals surface area contributed by atoms with Crippen LogP contribution >= 0.6 is 23.1 Å². The Morgan fingerprint density at radius 1 is 0.808 bits per heavy atom. The van der Waals surface area contributed by atoms with Crippen LogP contribution in [0.4, 0.5) is 0 Å². The molecule has 1 heterocycles. The fourth-order valence-electron chi connectivity index (χ4n) is 3.17. The molecule has 152 valence electrons. The average molecular weight is 399 g/mol. The number of thioether (sulfide) groups is 1. The molecule has 26 heavy (non-hydrogen) atoms. The van der Waals surface area contributed by atoms with Gasteiger partial charge in [-0.1, -0.05) is 70.3 Å². The highest BCUT2D eigenvalue weighted by Gasteiger charge is 1.97. The summed E-state index contributed by atoms with van der Waals surface area (Å²) in [4.78, 5) is 1.56. The summed E-state index contributed by atoms with van der Waals surface area (Å²) in [7, 11) is 0. The van der Waals surface area contributed by atoms with Crippen LogP contribution in [0.5, 0.6) is 0 Å². The SMILES string of the molecule is CC(C)OCCSCCCCCCCCCCCCCCc1cccs1. The van der Waals surface area contributed by atoms with Crippen LogP contribution in [0.25, 0.3) is 0 Å². The number of hydrogen-bond acceptors (Lipinski definition) is 3. The van der Waals surface area contributed by atoms with Crippen molar-refractivity contribution in [3.8, 4) is 0 Å². The third-order valence-electron chi connectivity index (χ3n) is 4.72. The van der Waals surface area contributed by atoms with Gasteiger partial charge in [-0.3, -0.25) is 0 Å². The van der Waals surface area contributed by atoms with E-state index in [1.807, 2.05) is 11.3 Å². The molecule has 1 aromatic rings. The Morgan fingerprint density at radius 3 is 1.92 bits per heavy atom. The fraction of sp³-hybridized carbons (Fsp3) is 0.826. The van der Waals surface area contributed by atoms with Crippen LogP contribution in [0.3, 0.4) is 0 Å². The molecule has 1 nitrogen and oxygen atoms in total. The zero-order valence-electron chi connectivity index (χ0n) is 17.3. The minimum absolute atomic E-state index is 0.381. The Hall–Kier alpha value is 0.01000. The number of aryl methyl sites for hydroxylation is 1. The summed E-state index contributed by atoms with van der Waals surface area (Å²) < 4.78 is 5.56. The van der Waals surface area contributed by atoms with E-state index >= 15 is 0 Å². The summed E-state index contributed by atoms with van der Waals surface area (Å²) in [5.41, 5.74) is 0. The second-order valence-electron chi connectivity index (χ2n) is 7.60. The molecule has 0 saturated heterocycles. The Morgan fingerprint density at radius 2 is 1.38 bits per heavy atom. The van der Waals surface area contributed by atoms with Gasteiger partial charge in [0, 0.05) is 10.6 Å². The van der Waals surface area contributed by atoms with Crippen LogP contribution in [0.1, 0.15) is 95.8 Å². The molecule has 0 spiro atoms. The van der Waals surface area contributed by atoms with E-state index in [2.05, 4.69) is 43.1 Å². The van der Waals surface area contributed by atoms with E-state index in [1.54, 1.807) is 4.88 Å². The van der Waals surface area contributed by atoms with Gasteiger partial charge in [0.1, 0.15) is 0 Å². The second-order valence-corrected chi connectivity index (χ2v) is 9.86. The first-order chi connectivity index (χ1) is 12.8. The van der Waals surface area contributed by atoms with Crippen LogP contribution in [-0.2, 0) is 11.2 Å². The molecular formula is C23H42OS2. The predicted molar refractivity (Wildman–Crippen MR) is 122 cm³/mol. The van der Waals surface area contributed by atoms with E-state index in [1.165, 1.54) is 89.2 Å². The quantitative estimate of drug-likeness (QED) is 0.217. The zero-order valence-corrected chi connectivity index (χ0v) is 19.0. The van der Waals surface area contributed by atoms with Gasteiger partial charge in [0.25, 0.3) is 0 Å². The van der Waals surface area contributed by atoms with Crippen LogP contribution in [0, 0.1) is 0 Å². The maximum absolute atomic E-state index is 5.56. The van der Waals surface area contributed by atoms with Crippen molar-refractivity contribution in [2.75, 3.05) is 18.1 Å². The van der Waals surface area contributed by atoms with Crippen molar-refractivity contribution in [2.24, 2.45) is 0 Å². The van der Waals surface area contributed by atoms with Gasteiger partial charge in [-0.25, -0.2) is 0 Å². The van der Waals surface area contributed by atoms with Crippen molar-refractivity contribution < 1.29 is 4.74 Å². The van der Waals surface area contributed by atoms with Gasteiger partial charge in [-0.05, 0) is 50.3 Å². The monoisotopic (exact) mass is 398 g/mol. The maximum Gasteiger partial charge on any atom is 0.0560 e. The molecule has 0 aliphatic heterocycles. The Labute approximate surface area is 171 Å². The first-order valence-corrected chi connectivity index (χ1v) is 13.0. The summed E-state index contributed by atoms with van der Waals surface area (Å²) >= 11 is 3.96. The van der Waals surface area contributed by atoms with E-state index in [0.717, 1.165) is 12.4 Å². The third kappa shape index (κ3) is 16.2. The molecule has 0 saturated carbocycles. The summed E-state index contributed by atoms with van der Waals surface area (Å²) in [6.45, 7) is 5.13. The van der Waals surface area contributed by atoms with Crippen LogP contribution < -0.4 is 0 Å². The lowest BCUT2D eigenvalue weighted by Gasteiger charge is -2.07. The van der Waals surface area contributed by atoms with Crippen molar-refractivity contribution >= 4 is 23.1 Å². The summed E-state index contributed by atoms with van der Waals surface area (Å²) in [5, 5.41) is 2.19. The lowest BCUT2D eigenvalue weighted by atomic mass is 10.0. The summed E-state index contributed by atoms with van der Waals surface area (Å²) in [6, 6.07) is 4.44. The molecule has 0 amide bonds. The molecule has 0 atom stereocenters. The topological polar surface area (TPSA) is 9.23 Å². The van der Waals surface area contributed by atoms with E-state index < -0.39 is 0 Å². The largest absolute Gasteiger partial charge is 0.378 e. The number of thiophene rings is 1. The van der Waals surface area contributed by atoms with Crippen molar-refractivity contribution in [1.29, 1.82) is 0 Å². The van der Waals surface area contributed by atoms with Crippen LogP contribution in [-0.4, -0.2) is 24.2 Å². The van der Waals surface area contributed by atoms with Gasteiger partial charge < -0.3 is 4.74 Å². The zero-order chi connectivity index (χ0) is 18.7. The number of unbranched alkanes of at least 4 members (excludes halogenated alkanes) is 11. The van der Waals surface area contributed by atoms with Gasteiger partial charge in [0.15, 0.2) is 0 Å². The van der Waals surface area contributed by atoms with E-state index in [4.69, 9.17) is 4.74 Å². The molecule has 0 bridgehead atoms. The van der Waals surface area contributed by atoms with Crippen molar-refractivity contribution in [1.82, 2.24) is 0 Å². The molecule has 0 aliphatic rings. The Bertz CT molecular complexity index is 376. The highest BCUT2D eigenvalue weighted by molar-refractivity contribution is 7.99. The van der Waals surface area contributed by atoms with E-state index in [0.29, 0.717) is 6.10 Å². The van der Waals surface area contributed by atoms with Gasteiger partial charge in [-0.2, -0.15) is 11.8 Å². The molecule has 1 rings (SSSR count). The molecular weight excluding hydrogens is 356 g/mol. The molecule has 0 unspecified atom stereocenters. The lowest BCUT2D eigenvalue weighted by molar-refractivity contribution is 0.0920. The highest BCUT2D eigenvalue weighted by Crippen LogP contribution is 2.15. The van der Waals surface area contributed by atoms with Gasteiger partial charge in [0.05, 0.1) is 12.7 Å². The summed E-state index contributed by atoms with van der Waals surface area (Å²) in [5.74, 6) is 2.47. The fourth-order valence-corrected chi connectivity index (χ4v) is 4.75. The average Bonchev–Trinajstić information content (AvgIpc) is 3.14. The molecule has 0 N–H and O–H groups in total. The minimum atomic E-state index is 0.381. The first kappa shape index (κ1) is 24.0. The molecule has 0 fully saturated rings. The van der Waals surface area contributed by atoms with Crippen molar-refractivity contribution in [2.45, 2.75) is 103 Å². The Kier molecular flexibility index (Phi) is 17.0. The third-order valence-corrected chi connectivity index (χ3v) is 6.69. The predicted octanol–water partition coefficient (Wildman–Crippen LogP) is 8.13. The molecule has 1 aromatic heterocycles. The second kappa shape index (κ2) is 18.4. The van der Waals surface area contributed by atoms with Gasteiger partial charge in [-0.15, -0.1) is 11.3 Å². The molecule has 3 heteroatoms. The van der Waals surface area contributed by atoms with E-state index in [9.17, 15) is 0 Å². The minimum Gasteiger partial charge on any atom is -0.378 e. The molecule has 0 aliphatic carbocycles. The summed E-state index contributed by atoms with van der Waals surface area (Å²) in [6.07, 6.45) is 18.9. The van der Waals surface area contributed by atoms with Crippen LogP contribution in [0.15, 0.2) is 17.5 Å². The highest BCUT2D eigenvalue weighted by atomic mass is 32.2. The molecule has 0 radical (unpaired) electrons. The van der Waals surface area contributed by atoms with Crippen molar-refractivity contribution in [3.05, 3.63) is 22.4 Å². The van der Waals surface area contributed by atoms with Gasteiger partial charge in [0.2, 0.25) is 0 Å².